The van der Waals surface area contributed by atoms with Crippen LogP contribution in [-0.2, 0) is 4.65 Å². The Labute approximate surface area is 102 Å². The maximum absolute atomic E-state index is 5.68. The van der Waals surface area contributed by atoms with Crippen molar-refractivity contribution in [3.8, 4) is 0 Å². The predicted octanol–water partition coefficient (Wildman–Crippen LogP) is 1.82. The molecule has 0 aromatic carbocycles. The third-order valence-corrected chi connectivity index (χ3v) is 2.45. The van der Waals surface area contributed by atoms with Crippen molar-refractivity contribution in [2.45, 2.75) is 19.8 Å². The Morgan fingerprint density at radius 1 is 1.35 bits per heavy atom. The quantitative estimate of drug-likeness (QED) is 0.618. The lowest BCUT2D eigenvalue weighted by Crippen LogP contribution is -2.36. The molecule has 5 heteroatoms. The molecule has 0 atom stereocenters. The van der Waals surface area contributed by atoms with Crippen LogP contribution in [0.3, 0.4) is 0 Å². The molecule has 0 spiro atoms. The van der Waals surface area contributed by atoms with Gasteiger partial charge < -0.3 is 9.88 Å². The third-order valence-electron chi connectivity index (χ3n) is 2.45. The summed E-state index contributed by atoms with van der Waals surface area (Å²) < 4.78 is 5.68. The first-order chi connectivity index (χ1) is 8.40. The van der Waals surface area contributed by atoms with Gasteiger partial charge in [-0.2, -0.15) is 0 Å². The van der Waals surface area contributed by atoms with Crippen molar-refractivity contribution < 1.29 is 4.65 Å². The lowest BCUT2D eigenvalue weighted by molar-refractivity contribution is 0.313. The Bertz CT molecular complexity index is 405. The predicted molar refractivity (Wildman–Crippen MR) is 68.9 cm³/mol. The van der Waals surface area contributed by atoms with Crippen molar-refractivity contribution in [2.24, 2.45) is 0 Å². The van der Waals surface area contributed by atoms with Gasteiger partial charge in [-0.3, -0.25) is 0 Å². The van der Waals surface area contributed by atoms with E-state index in [9.17, 15) is 0 Å². The fourth-order valence-electron chi connectivity index (χ4n) is 1.53. The SMILES string of the molecule is CCCCOB1C=CC=C(c2ncccn2)N1. The summed E-state index contributed by atoms with van der Waals surface area (Å²) in [5, 5.41) is 3.26. The zero-order valence-electron chi connectivity index (χ0n) is 9.97. The van der Waals surface area contributed by atoms with Crippen LogP contribution in [0.25, 0.3) is 5.70 Å². The Kier molecular flexibility index (Phi) is 4.33. The van der Waals surface area contributed by atoms with Gasteiger partial charge in [0, 0.05) is 19.0 Å². The number of nitrogens with one attached hydrogen (secondary N) is 1. The molecule has 1 N–H and O–H groups in total. The molecule has 4 nitrogen and oxygen atoms in total. The second kappa shape index (κ2) is 6.20. The first-order valence-electron chi connectivity index (χ1n) is 5.94. The average Bonchev–Trinajstić information content (AvgIpc) is 2.41. The highest BCUT2D eigenvalue weighted by Gasteiger charge is 2.18. The van der Waals surface area contributed by atoms with E-state index in [1.165, 1.54) is 0 Å². The number of unbranched alkanes of at least 4 members (excludes halogenated alkanes) is 1. The Morgan fingerprint density at radius 2 is 2.18 bits per heavy atom. The summed E-state index contributed by atoms with van der Waals surface area (Å²) in [6.07, 6.45) is 9.61. The normalized spacial score (nSPS) is 14.4. The highest BCUT2D eigenvalue weighted by Crippen LogP contribution is 2.10. The molecule has 0 fully saturated rings. The Morgan fingerprint density at radius 3 is 2.94 bits per heavy atom. The molecular formula is C12H16BN3O. The Balaban J connectivity index is 1.94. The van der Waals surface area contributed by atoms with E-state index < -0.39 is 0 Å². The number of hydrogen-bond donors (Lipinski definition) is 1. The van der Waals surface area contributed by atoms with E-state index in [1.807, 2.05) is 18.1 Å². The first kappa shape index (κ1) is 11.9. The molecule has 2 heterocycles. The maximum atomic E-state index is 5.68. The van der Waals surface area contributed by atoms with Crippen LogP contribution < -0.4 is 5.23 Å². The van der Waals surface area contributed by atoms with Crippen molar-refractivity contribution in [3.63, 3.8) is 0 Å². The van der Waals surface area contributed by atoms with Crippen molar-refractivity contribution in [2.75, 3.05) is 6.61 Å². The molecule has 1 aromatic heterocycles. The van der Waals surface area contributed by atoms with E-state index in [1.54, 1.807) is 18.5 Å². The van der Waals surface area contributed by atoms with Gasteiger partial charge in [-0.25, -0.2) is 9.97 Å². The molecule has 1 aromatic rings. The minimum Gasteiger partial charge on any atom is -0.413 e. The monoisotopic (exact) mass is 229 g/mol. The summed E-state index contributed by atoms with van der Waals surface area (Å²) in [5.74, 6) is 2.68. The minimum absolute atomic E-state index is 0.0784. The first-order valence-corrected chi connectivity index (χ1v) is 5.94. The summed E-state index contributed by atoms with van der Waals surface area (Å²) in [7, 11) is -0.0784. The van der Waals surface area contributed by atoms with Gasteiger partial charge in [0.2, 0.25) is 0 Å². The molecule has 2 rings (SSSR count). The number of rotatable bonds is 5. The van der Waals surface area contributed by atoms with Gasteiger partial charge in [-0.05, 0) is 18.6 Å². The fourth-order valence-corrected chi connectivity index (χ4v) is 1.53. The van der Waals surface area contributed by atoms with Gasteiger partial charge in [0.15, 0.2) is 5.82 Å². The van der Waals surface area contributed by atoms with Crippen LogP contribution in [0, 0.1) is 0 Å². The summed E-state index contributed by atoms with van der Waals surface area (Å²) in [6.45, 7) is 2.91. The molecule has 0 saturated carbocycles. The van der Waals surface area contributed by atoms with Crippen LogP contribution in [-0.4, -0.2) is 23.6 Å². The third kappa shape index (κ3) is 3.42. The van der Waals surface area contributed by atoms with Crippen LogP contribution in [0.2, 0.25) is 0 Å². The molecule has 1 aliphatic rings. The van der Waals surface area contributed by atoms with Gasteiger partial charge in [-0.15, -0.1) is 0 Å². The van der Waals surface area contributed by atoms with Gasteiger partial charge >= 0.3 is 7.05 Å². The van der Waals surface area contributed by atoms with Gasteiger partial charge in [0.25, 0.3) is 0 Å². The summed E-state index contributed by atoms with van der Waals surface area (Å²) in [6, 6.07) is 1.80. The summed E-state index contributed by atoms with van der Waals surface area (Å²) >= 11 is 0. The lowest BCUT2D eigenvalue weighted by Gasteiger charge is -2.17. The molecule has 0 saturated heterocycles. The molecule has 0 amide bonds. The molecular weight excluding hydrogens is 213 g/mol. The van der Waals surface area contributed by atoms with Crippen molar-refractivity contribution in [1.29, 1.82) is 0 Å². The van der Waals surface area contributed by atoms with E-state index in [2.05, 4.69) is 22.1 Å². The number of allylic oxidation sites excluding steroid dienone is 2. The van der Waals surface area contributed by atoms with Crippen molar-refractivity contribution in [1.82, 2.24) is 15.2 Å². The van der Waals surface area contributed by atoms with E-state index in [-0.39, 0.29) is 7.05 Å². The Hall–Kier alpha value is -1.62. The topological polar surface area (TPSA) is 47.0 Å². The maximum Gasteiger partial charge on any atom is 0.441 e. The minimum atomic E-state index is -0.0784. The van der Waals surface area contributed by atoms with Crippen LogP contribution in [0.5, 0.6) is 0 Å². The zero-order valence-corrected chi connectivity index (χ0v) is 9.97. The molecule has 0 aliphatic carbocycles. The summed E-state index contributed by atoms with van der Waals surface area (Å²) in [5.41, 5.74) is 0.898. The average molecular weight is 229 g/mol. The van der Waals surface area contributed by atoms with Crippen LogP contribution in [0.4, 0.5) is 0 Å². The number of aromatic nitrogens is 2. The van der Waals surface area contributed by atoms with Crippen molar-refractivity contribution in [3.05, 3.63) is 42.4 Å². The van der Waals surface area contributed by atoms with Crippen molar-refractivity contribution >= 4 is 12.7 Å². The second-order valence-corrected chi connectivity index (χ2v) is 3.83. The standard InChI is InChI=1S/C12H16BN3O/c1-2-3-10-17-13-7-4-6-11(16-13)12-14-8-5-9-15-12/h4-9,16H,2-3,10H2,1H3. The van der Waals surface area contributed by atoms with E-state index >= 15 is 0 Å². The summed E-state index contributed by atoms with van der Waals surface area (Å²) in [4.78, 5) is 8.40. The highest BCUT2D eigenvalue weighted by molar-refractivity contribution is 6.57. The molecule has 1 aliphatic heterocycles. The van der Waals surface area contributed by atoms with Gasteiger partial charge in [0.05, 0.1) is 5.70 Å². The smallest absolute Gasteiger partial charge is 0.413 e. The highest BCUT2D eigenvalue weighted by atomic mass is 16.4. The molecule has 0 bridgehead atoms. The van der Waals surface area contributed by atoms with Gasteiger partial charge in [0.1, 0.15) is 0 Å². The number of nitrogens with zero attached hydrogens (tertiary/aromatic N) is 2. The zero-order chi connectivity index (χ0) is 11.9. The lowest BCUT2D eigenvalue weighted by atomic mass is 9.80. The number of hydrogen-bond acceptors (Lipinski definition) is 4. The van der Waals surface area contributed by atoms with Gasteiger partial charge in [-0.1, -0.05) is 25.4 Å². The van der Waals surface area contributed by atoms with E-state index in [0.717, 1.165) is 25.1 Å². The van der Waals surface area contributed by atoms with E-state index in [4.69, 9.17) is 4.65 Å². The van der Waals surface area contributed by atoms with Crippen LogP contribution >= 0.6 is 0 Å². The molecule has 88 valence electrons. The molecule has 0 radical (unpaired) electrons. The largest absolute Gasteiger partial charge is 0.441 e. The van der Waals surface area contributed by atoms with Crippen LogP contribution in [0.1, 0.15) is 25.6 Å². The molecule has 0 unspecified atom stereocenters. The van der Waals surface area contributed by atoms with Crippen LogP contribution in [0.15, 0.2) is 36.6 Å². The molecule has 17 heavy (non-hydrogen) atoms. The second-order valence-electron chi connectivity index (χ2n) is 3.83. The van der Waals surface area contributed by atoms with E-state index in [0.29, 0.717) is 5.82 Å². The fraction of sp³-hybridized carbons (Fsp3) is 0.333.